The minimum absolute atomic E-state index is 0.496. The molecule has 0 spiro atoms. The zero-order chi connectivity index (χ0) is 14.5. The first-order chi connectivity index (χ1) is 10.3. The van der Waals surface area contributed by atoms with Gasteiger partial charge in [0.2, 0.25) is 0 Å². The van der Waals surface area contributed by atoms with Crippen LogP contribution in [0.1, 0.15) is 32.1 Å². The van der Waals surface area contributed by atoms with E-state index in [4.69, 9.17) is 0 Å². The van der Waals surface area contributed by atoms with Gasteiger partial charge < -0.3 is 4.90 Å². The number of thiol groups is 1. The third-order valence-electron chi connectivity index (χ3n) is 5.30. The Morgan fingerprint density at radius 2 is 1.57 bits per heavy atom. The number of hydrogen-bond acceptors (Lipinski definition) is 3. The van der Waals surface area contributed by atoms with E-state index in [0.717, 1.165) is 18.8 Å². The monoisotopic (exact) mass is 304 g/mol. The molecule has 3 heteroatoms. The van der Waals surface area contributed by atoms with E-state index in [1.807, 2.05) is 0 Å². The minimum atomic E-state index is 0.496. The van der Waals surface area contributed by atoms with Gasteiger partial charge in [-0.05, 0) is 36.1 Å². The topological polar surface area (TPSA) is 6.48 Å². The highest BCUT2D eigenvalue weighted by Gasteiger charge is 2.33. The lowest BCUT2D eigenvalue weighted by molar-refractivity contribution is 0.121. The summed E-state index contributed by atoms with van der Waals surface area (Å²) >= 11 is 4.69. The lowest BCUT2D eigenvalue weighted by Gasteiger charge is -2.43. The van der Waals surface area contributed by atoms with Crippen LogP contribution in [0, 0.1) is 5.41 Å². The Kier molecular flexibility index (Phi) is 5.12. The second-order valence-corrected chi connectivity index (χ2v) is 7.13. The van der Waals surface area contributed by atoms with Crippen molar-refractivity contribution in [3.05, 3.63) is 30.3 Å². The van der Waals surface area contributed by atoms with Gasteiger partial charge >= 0.3 is 0 Å². The van der Waals surface area contributed by atoms with Crippen LogP contribution in [0.3, 0.4) is 0 Å². The second-order valence-electron chi connectivity index (χ2n) is 6.82. The molecule has 1 saturated heterocycles. The fourth-order valence-corrected chi connectivity index (χ4v) is 4.36. The lowest BCUT2D eigenvalue weighted by atomic mass is 9.75. The summed E-state index contributed by atoms with van der Waals surface area (Å²) in [6, 6.07) is 10.8. The van der Waals surface area contributed by atoms with Crippen LogP contribution < -0.4 is 4.90 Å². The summed E-state index contributed by atoms with van der Waals surface area (Å²) in [5.41, 5.74) is 1.87. The molecule has 1 heterocycles. The van der Waals surface area contributed by atoms with Gasteiger partial charge in [0, 0.05) is 38.4 Å². The quantitative estimate of drug-likeness (QED) is 0.848. The first-order valence-corrected chi connectivity index (χ1v) is 9.08. The standard InChI is InChI=1S/C18H28N2S/c21-16-18(9-5-2-6-10-18)15-19-11-13-20(14-12-19)17-7-3-1-4-8-17/h1,3-4,7-8,21H,2,5-6,9-16H2. The summed E-state index contributed by atoms with van der Waals surface area (Å²) in [7, 11) is 0. The highest BCUT2D eigenvalue weighted by atomic mass is 32.1. The molecule has 116 valence electrons. The Hall–Kier alpha value is -0.670. The van der Waals surface area contributed by atoms with Crippen LogP contribution in [0.5, 0.6) is 0 Å². The van der Waals surface area contributed by atoms with Crippen LogP contribution in [0.2, 0.25) is 0 Å². The molecule has 1 aliphatic heterocycles. The Bertz CT molecular complexity index is 420. The normalized spacial score (nSPS) is 23.2. The third kappa shape index (κ3) is 3.75. The average molecular weight is 305 g/mol. The van der Waals surface area contributed by atoms with Gasteiger partial charge in [-0.15, -0.1) is 0 Å². The molecule has 0 radical (unpaired) electrons. The van der Waals surface area contributed by atoms with Crippen LogP contribution in [0.4, 0.5) is 5.69 Å². The maximum atomic E-state index is 4.69. The summed E-state index contributed by atoms with van der Waals surface area (Å²) in [6.45, 7) is 5.98. The number of para-hydroxylation sites is 1. The van der Waals surface area contributed by atoms with E-state index >= 15 is 0 Å². The summed E-state index contributed by atoms with van der Waals surface area (Å²) in [6.07, 6.45) is 7.01. The summed E-state index contributed by atoms with van der Waals surface area (Å²) in [4.78, 5) is 5.20. The first-order valence-electron chi connectivity index (χ1n) is 8.45. The van der Waals surface area contributed by atoms with Crippen molar-refractivity contribution in [1.82, 2.24) is 4.90 Å². The van der Waals surface area contributed by atoms with Crippen LogP contribution in [-0.4, -0.2) is 43.4 Å². The molecular formula is C18H28N2S. The molecular weight excluding hydrogens is 276 g/mol. The number of rotatable bonds is 4. The summed E-state index contributed by atoms with van der Waals surface area (Å²) < 4.78 is 0. The molecule has 21 heavy (non-hydrogen) atoms. The van der Waals surface area contributed by atoms with E-state index in [0.29, 0.717) is 5.41 Å². The lowest BCUT2D eigenvalue weighted by Crippen LogP contribution is -2.50. The SMILES string of the molecule is SCC1(CN2CCN(c3ccccc3)CC2)CCCCC1. The van der Waals surface area contributed by atoms with E-state index < -0.39 is 0 Å². The van der Waals surface area contributed by atoms with E-state index in [-0.39, 0.29) is 0 Å². The minimum Gasteiger partial charge on any atom is -0.369 e. The van der Waals surface area contributed by atoms with Crippen LogP contribution in [0.25, 0.3) is 0 Å². The van der Waals surface area contributed by atoms with Crippen LogP contribution in [-0.2, 0) is 0 Å². The summed E-state index contributed by atoms with van der Waals surface area (Å²) in [5.74, 6) is 1.06. The predicted molar refractivity (Wildman–Crippen MR) is 94.5 cm³/mol. The fourth-order valence-electron chi connectivity index (χ4n) is 3.95. The molecule has 0 bridgehead atoms. The van der Waals surface area contributed by atoms with Gasteiger partial charge in [0.1, 0.15) is 0 Å². The zero-order valence-corrected chi connectivity index (χ0v) is 13.9. The Balaban J connectivity index is 1.53. The van der Waals surface area contributed by atoms with Gasteiger partial charge in [0.25, 0.3) is 0 Å². The molecule has 2 fully saturated rings. The maximum absolute atomic E-state index is 4.69. The van der Waals surface area contributed by atoms with Crippen molar-refractivity contribution in [2.75, 3.05) is 43.4 Å². The van der Waals surface area contributed by atoms with Gasteiger partial charge in [0.15, 0.2) is 0 Å². The highest BCUT2D eigenvalue weighted by Crippen LogP contribution is 2.38. The van der Waals surface area contributed by atoms with E-state index in [1.54, 1.807) is 0 Å². The first kappa shape index (κ1) is 15.2. The van der Waals surface area contributed by atoms with Crippen molar-refractivity contribution >= 4 is 18.3 Å². The predicted octanol–water partition coefficient (Wildman–Crippen LogP) is 3.69. The molecule has 0 aromatic heterocycles. The van der Waals surface area contributed by atoms with Crippen molar-refractivity contribution in [1.29, 1.82) is 0 Å². The molecule has 0 N–H and O–H groups in total. The molecule has 0 amide bonds. The molecule has 3 rings (SSSR count). The van der Waals surface area contributed by atoms with E-state index in [2.05, 4.69) is 52.8 Å². The van der Waals surface area contributed by atoms with E-state index in [1.165, 1.54) is 57.4 Å². The molecule has 1 aromatic rings. The molecule has 2 aliphatic rings. The third-order valence-corrected chi connectivity index (χ3v) is 5.97. The van der Waals surface area contributed by atoms with Gasteiger partial charge in [-0.3, -0.25) is 4.90 Å². The molecule has 1 saturated carbocycles. The van der Waals surface area contributed by atoms with Gasteiger partial charge in [-0.2, -0.15) is 12.6 Å². The largest absolute Gasteiger partial charge is 0.369 e. The maximum Gasteiger partial charge on any atom is 0.0367 e. The number of benzene rings is 1. The van der Waals surface area contributed by atoms with Gasteiger partial charge in [-0.1, -0.05) is 37.5 Å². The molecule has 1 aliphatic carbocycles. The number of anilines is 1. The smallest absolute Gasteiger partial charge is 0.0367 e. The fraction of sp³-hybridized carbons (Fsp3) is 0.667. The van der Waals surface area contributed by atoms with Crippen molar-refractivity contribution < 1.29 is 0 Å². The summed E-state index contributed by atoms with van der Waals surface area (Å²) in [5, 5.41) is 0. The Morgan fingerprint density at radius 3 is 2.19 bits per heavy atom. The average Bonchev–Trinajstić information content (AvgIpc) is 2.57. The number of nitrogens with zero attached hydrogens (tertiary/aromatic N) is 2. The van der Waals surface area contributed by atoms with E-state index in [9.17, 15) is 0 Å². The Morgan fingerprint density at radius 1 is 0.905 bits per heavy atom. The Labute approximate surface area is 134 Å². The van der Waals surface area contributed by atoms with Crippen LogP contribution >= 0.6 is 12.6 Å². The van der Waals surface area contributed by atoms with Crippen molar-refractivity contribution in [2.24, 2.45) is 5.41 Å². The van der Waals surface area contributed by atoms with Crippen molar-refractivity contribution in [3.8, 4) is 0 Å². The second kappa shape index (κ2) is 7.06. The highest BCUT2D eigenvalue weighted by molar-refractivity contribution is 7.80. The van der Waals surface area contributed by atoms with Crippen molar-refractivity contribution in [3.63, 3.8) is 0 Å². The van der Waals surface area contributed by atoms with Crippen LogP contribution in [0.15, 0.2) is 30.3 Å². The molecule has 1 aromatic carbocycles. The zero-order valence-electron chi connectivity index (χ0n) is 13.0. The molecule has 0 atom stereocenters. The number of hydrogen-bond donors (Lipinski definition) is 1. The molecule has 2 nitrogen and oxygen atoms in total. The van der Waals surface area contributed by atoms with Gasteiger partial charge in [0.05, 0.1) is 0 Å². The van der Waals surface area contributed by atoms with Crippen molar-refractivity contribution in [2.45, 2.75) is 32.1 Å². The number of piperazine rings is 1. The molecule has 0 unspecified atom stereocenters. The van der Waals surface area contributed by atoms with Gasteiger partial charge in [-0.25, -0.2) is 0 Å².